The van der Waals surface area contributed by atoms with Gasteiger partial charge in [0.15, 0.2) is 0 Å². The van der Waals surface area contributed by atoms with Crippen LogP contribution in [0.3, 0.4) is 0 Å². The molecule has 1 aliphatic heterocycles. The van der Waals surface area contributed by atoms with E-state index in [0.29, 0.717) is 18.7 Å². The fourth-order valence-electron chi connectivity index (χ4n) is 3.17. The van der Waals surface area contributed by atoms with E-state index in [1.54, 1.807) is 12.1 Å². The Morgan fingerprint density at radius 2 is 2.00 bits per heavy atom. The van der Waals surface area contributed by atoms with Gasteiger partial charge >= 0.3 is 0 Å². The molecule has 1 aliphatic rings. The number of nitrogens with zero attached hydrogens (tertiary/aromatic N) is 3. The second-order valence-electron chi connectivity index (χ2n) is 6.66. The summed E-state index contributed by atoms with van der Waals surface area (Å²) in [5, 5.41) is 14.2. The molecule has 1 aromatic carbocycles. The summed E-state index contributed by atoms with van der Waals surface area (Å²) in [6.45, 7) is 5.04. The second-order valence-corrected chi connectivity index (χ2v) is 6.66. The number of amides is 2. The molecule has 0 radical (unpaired) electrons. The summed E-state index contributed by atoms with van der Waals surface area (Å²) < 4.78 is 2.22. The maximum atomic E-state index is 12.1. The van der Waals surface area contributed by atoms with Gasteiger partial charge in [-0.3, -0.25) is 9.59 Å². The number of hydrogen-bond donors (Lipinski definition) is 2. The van der Waals surface area contributed by atoms with Crippen molar-refractivity contribution in [2.45, 2.75) is 45.1 Å². The topological polar surface area (TPSA) is 88.9 Å². The molecule has 0 spiro atoms. The zero-order chi connectivity index (χ0) is 19.1. The first-order chi connectivity index (χ1) is 13.2. The zero-order valence-electron chi connectivity index (χ0n) is 15.4. The Balaban J connectivity index is 1.39. The summed E-state index contributed by atoms with van der Waals surface area (Å²) in [6, 6.07) is 7.22. The van der Waals surface area contributed by atoms with Crippen LogP contribution in [0.1, 0.15) is 36.5 Å². The fourth-order valence-corrected chi connectivity index (χ4v) is 3.17. The summed E-state index contributed by atoms with van der Waals surface area (Å²) >= 11 is 0. The number of aromatic nitrogens is 3. The quantitative estimate of drug-likeness (QED) is 0.552. The lowest BCUT2D eigenvalue weighted by Gasteiger charge is -2.14. The number of carbonyl (C=O) groups is 2. The average molecular weight is 367 g/mol. The van der Waals surface area contributed by atoms with Crippen LogP contribution in [0.2, 0.25) is 0 Å². The van der Waals surface area contributed by atoms with Crippen molar-refractivity contribution in [3.63, 3.8) is 0 Å². The number of nitrogens with one attached hydrogen (secondary N) is 2. The molecule has 2 aromatic rings. The van der Waals surface area contributed by atoms with Crippen LogP contribution >= 0.6 is 0 Å². The lowest BCUT2D eigenvalue weighted by atomic mass is 10.1. The van der Waals surface area contributed by atoms with Crippen molar-refractivity contribution in [3.05, 3.63) is 54.1 Å². The third-order valence-corrected chi connectivity index (χ3v) is 4.61. The number of hydrogen-bond acceptors (Lipinski definition) is 4. The molecule has 2 heterocycles. The minimum atomic E-state index is -0.255. The van der Waals surface area contributed by atoms with Crippen molar-refractivity contribution < 1.29 is 9.59 Å². The highest BCUT2D eigenvalue weighted by Gasteiger charge is 2.15. The molecule has 0 unspecified atom stereocenters. The van der Waals surface area contributed by atoms with Gasteiger partial charge < -0.3 is 15.2 Å². The van der Waals surface area contributed by atoms with Crippen LogP contribution in [0, 0.1) is 0 Å². The molecule has 142 valence electrons. The first-order valence-electron chi connectivity index (χ1n) is 9.35. The monoisotopic (exact) mass is 367 g/mol. The Bertz CT molecular complexity index is 810. The standard InChI is InChI=1S/C20H25N5O2/c1-2-19(26)22-16-10-8-15(9-11-16)14-20(27)21-12-5-7-18-24-23-17-6-3-4-13-25(17)18/h2,8-11H,1,3-7,12-14H2,(H,21,27)(H,22,26). The maximum Gasteiger partial charge on any atom is 0.247 e. The highest BCUT2D eigenvalue weighted by Crippen LogP contribution is 2.15. The average Bonchev–Trinajstić information content (AvgIpc) is 3.10. The minimum absolute atomic E-state index is 0.0128. The van der Waals surface area contributed by atoms with Gasteiger partial charge in [-0.2, -0.15) is 0 Å². The van der Waals surface area contributed by atoms with Gasteiger partial charge in [0.25, 0.3) is 0 Å². The predicted molar refractivity (Wildman–Crippen MR) is 103 cm³/mol. The van der Waals surface area contributed by atoms with Gasteiger partial charge in [0.05, 0.1) is 6.42 Å². The number of carbonyl (C=O) groups excluding carboxylic acids is 2. The number of aryl methyl sites for hydroxylation is 2. The lowest BCUT2D eigenvalue weighted by molar-refractivity contribution is -0.120. The summed E-state index contributed by atoms with van der Waals surface area (Å²) in [5.74, 6) is 1.85. The van der Waals surface area contributed by atoms with Gasteiger partial charge in [-0.1, -0.05) is 18.7 Å². The van der Waals surface area contributed by atoms with Gasteiger partial charge in [-0.05, 0) is 43.0 Å². The van der Waals surface area contributed by atoms with Crippen molar-refractivity contribution in [1.82, 2.24) is 20.1 Å². The third-order valence-electron chi connectivity index (χ3n) is 4.61. The van der Waals surface area contributed by atoms with Crippen molar-refractivity contribution in [3.8, 4) is 0 Å². The van der Waals surface area contributed by atoms with E-state index in [-0.39, 0.29) is 11.8 Å². The number of rotatable bonds is 8. The van der Waals surface area contributed by atoms with Crippen LogP contribution in [0.25, 0.3) is 0 Å². The first kappa shape index (κ1) is 18.8. The van der Waals surface area contributed by atoms with Gasteiger partial charge in [0, 0.05) is 31.6 Å². The van der Waals surface area contributed by atoms with Gasteiger partial charge in [0.1, 0.15) is 11.6 Å². The van der Waals surface area contributed by atoms with E-state index in [0.717, 1.165) is 43.0 Å². The Kier molecular flexibility index (Phi) is 6.35. The molecule has 0 saturated carbocycles. The van der Waals surface area contributed by atoms with Crippen LogP contribution < -0.4 is 10.6 Å². The van der Waals surface area contributed by atoms with Gasteiger partial charge in [-0.25, -0.2) is 0 Å². The van der Waals surface area contributed by atoms with Gasteiger partial charge in [-0.15, -0.1) is 10.2 Å². The van der Waals surface area contributed by atoms with Crippen molar-refractivity contribution >= 4 is 17.5 Å². The molecule has 27 heavy (non-hydrogen) atoms. The normalized spacial score (nSPS) is 12.9. The molecule has 1 aromatic heterocycles. The van der Waals surface area contributed by atoms with Crippen molar-refractivity contribution in [1.29, 1.82) is 0 Å². The Hall–Kier alpha value is -2.96. The molecular formula is C20H25N5O2. The second kappa shape index (κ2) is 9.12. The van der Waals surface area contributed by atoms with E-state index in [4.69, 9.17) is 0 Å². The summed E-state index contributed by atoms with van der Waals surface area (Å²) in [4.78, 5) is 23.3. The summed E-state index contributed by atoms with van der Waals surface area (Å²) in [7, 11) is 0. The van der Waals surface area contributed by atoms with Crippen LogP contribution in [-0.2, 0) is 35.4 Å². The first-order valence-corrected chi connectivity index (χ1v) is 9.35. The highest BCUT2D eigenvalue weighted by atomic mass is 16.2. The molecule has 0 atom stereocenters. The molecule has 3 rings (SSSR count). The molecule has 2 N–H and O–H groups in total. The minimum Gasteiger partial charge on any atom is -0.356 e. The zero-order valence-corrected chi connectivity index (χ0v) is 15.4. The summed E-state index contributed by atoms with van der Waals surface area (Å²) in [6.07, 6.45) is 6.59. The molecule has 0 saturated heterocycles. The number of anilines is 1. The lowest BCUT2D eigenvalue weighted by Crippen LogP contribution is -2.26. The smallest absolute Gasteiger partial charge is 0.247 e. The van der Waals surface area contributed by atoms with Gasteiger partial charge in [0.2, 0.25) is 11.8 Å². The van der Waals surface area contributed by atoms with Crippen LogP contribution in [0.15, 0.2) is 36.9 Å². The van der Waals surface area contributed by atoms with E-state index in [2.05, 4.69) is 32.0 Å². The van der Waals surface area contributed by atoms with Crippen LogP contribution in [0.5, 0.6) is 0 Å². The van der Waals surface area contributed by atoms with E-state index < -0.39 is 0 Å². The molecule has 2 amide bonds. The highest BCUT2D eigenvalue weighted by molar-refractivity contribution is 5.98. The molecule has 7 nitrogen and oxygen atoms in total. The Morgan fingerprint density at radius 1 is 1.19 bits per heavy atom. The SMILES string of the molecule is C=CC(=O)Nc1ccc(CC(=O)NCCCc2nnc3n2CCCC3)cc1. The third kappa shape index (κ3) is 5.26. The van der Waals surface area contributed by atoms with Crippen molar-refractivity contribution in [2.24, 2.45) is 0 Å². The maximum absolute atomic E-state index is 12.1. The fraction of sp³-hybridized carbons (Fsp3) is 0.400. The number of benzene rings is 1. The van der Waals surface area contributed by atoms with Crippen LogP contribution in [0.4, 0.5) is 5.69 Å². The van der Waals surface area contributed by atoms with E-state index in [1.807, 2.05) is 12.1 Å². The van der Waals surface area contributed by atoms with Crippen LogP contribution in [-0.4, -0.2) is 33.1 Å². The molecular weight excluding hydrogens is 342 g/mol. The summed E-state index contributed by atoms with van der Waals surface area (Å²) in [5.41, 5.74) is 1.58. The van der Waals surface area contributed by atoms with E-state index in [1.165, 1.54) is 18.9 Å². The van der Waals surface area contributed by atoms with E-state index in [9.17, 15) is 9.59 Å². The Labute approximate surface area is 158 Å². The molecule has 0 aliphatic carbocycles. The van der Waals surface area contributed by atoms with Crippen molar-refractivity contribution in [2.75, 3.05) is 11.9 Å². The largest absolute Gasteiger partial charge is 0.356 e. The Morgan fingerprint density at radius 3 is 2.78 bits per heavy atom. The predicted octanol–water partition coefficient (Wildman–Crippen LogP) is 2.03. The molecule has 7 heteroatoms. The molecule has 0 fully saturated rings. The molecule has 0 bridgehead atoms. The van der Waals surface area contributed by atoms with E-state index >= 15 is 0 Å². The number of fused-ring (bicyclic) bond motifs is 1.